The van der Waals surface area contributed by atoms with Crippen LogP contribution in [0.2, 0.25) is 0 Å². The third-order valence-corrected chi connectivity index (χ3v) is 8.75. The molecule has 220 valence electrons. The maximum atomic E-state index is 14.0. The quantitative estimate of drug-likeness (QED) is 0.247. The Balaban J connectivity index is 1.89. The lowest BCUT2D eigenvalue weighted by Gasteiger charge is -2.26. The fraction of sp³-hybridized carbons (Fsp3) is 0.267. The van der Waals surface area contributed by atoms with Crippen molar-refractivity contribution >= 4 is 15.7 Å². The van der Waals surface area contributed by atoms with E-state index in [1.165, 1.54) is 54.3 Å². The molecule has 0 saturated heterocycles. The number of amides is 1. The molecule has 0 fully saturated rings. The number of sulfone groups is 1. The molecular weight excluding hydrogens is 563 g/mol. The van der Waals surface area contributed by atoms with E-state index in [9.17, 15) is 27.5 Å². The number of rotatable bonds is 11. The number of halogens is 1. The summed E-state index contributed by atoms with van der Waals surface area (Å²) in [5, 5.41) is 11.5. The Kier molecular flexibility index (Phi) is 9.17. The van der Waals surface area contributed by atoms with Gasteiger partial charge in [-0.25, -0.2) is 13.4 Å². The molecule has 0 aliphatic heterocycles. The van der Waals surface area contributed by atoms with Crippen LogP contribution >= 0.6 is 0 Å². The number of primary amides is 1. The lowest BCUT2D eigenvalue weighted by molar-refractivity contribution is 0.1000. The van der Waals surface area contributed by atoms with Gasteiger partial charge in [0.15, 0.2) is 4.90 Å². The number of aryl methyl sites for hydroxylation is 1. The predicted molar refractivity (Wildman–Crippen MR) is 154 cm³/mol. The third kappa shape index (κ3) is 5.95. The van der Waals surface area contributed by atoms with Crippen LogP contribution in [0.15, 0.2) is 75.4 Å². The summed E-state index contributed by atoms with van der Waals surface area (Å²) in [5.41, 5.74) is 6.42. The Morgan fingerprint density at radius 2 is 1.88 bits per heavy atom. The number of ether oxygens (including phenoxy) is 1. The van der Waals surface area contributed by atoms with Crippen molar-refractivity contribution in [2.24, 2.45) is 5.73 Å². The number of methoxy groups -OCH3 is 1. The summed E-state index contributed by atoms with van der Waals surface area (Å²) in [4.78, 5) is 31.6. The van der Waals surface area contributed by atoms with E-state index in [4.69, 9.17) is 10.5 Å². The summed E-state index contributed by atoms with van der Waals surface area (Å²) in [6.07, 6.45) is 2.93. The number of aromatic nitrogens is 3. The van der Waals surface area contributed by atoms with Crippen LogP contribution in [0.3, 0.4) is 0 Å². The van der Waals surface area contributed by atoms with Gasteiger partial charge in [0, 0.05) is 30.9 Å². The van der Waals surface area contributed by atoms with Crippen molar-refractivity contribution in [3.05, 3.63) is 99.6 Å². The Morgan fingerprint density at radius 1 is 1.17 bits per heavy atom. The van der Waals surface area contributed by atoms with Crippen LogP contribution < -0.4 is 11.3 Å². The van der Waals surface area contributed by atoms with Gasteiger partial charge in [0.25, 0.3) is 5.56 Å². The largest absolute Gasteiger partial charge is 0.493 e. The zero-order valence-electron chi connectivity index (χ0n) is 23.4. The standard InChI is InChI=1S/C30H31FN4O6S/c1-4-5-9-25-34-29(37)26(30(38)35(25)24(17-41-3)20-7-6-8-21(16-20)28(32)36)42(39,40)22-12-10-19(11-13-22)23-14-15-33-27(31)18(23)2/h6-8,10-16,24,38H,4-5,9,17H2,1-3H3,(H2,32,36)/t24-/m0/s1. The van der Waals surface area contributed by atoms with Crippen molar-refractivity contribution in [1.82, 2.24) is 14.5 Å². The number of carbonyl (C=O) groups is 1. The van der Waals surface area contributed by atoms with Gasteiger partial charge in [-0.2, -0.15) is 9.37 Å². The maximum absolute atomic E-state index is 14.0. The van der Waals surface area contributed by atoms with Gasteiger partial charge in [-0.15, -0.1) is 0 Å². The summed E-state index contributed by atoms with van der Waals surface area (Å²) in [6.45, 7) is 3.45. The van der Waals surface area contributed by atoms with Gasteiger partial charge in [0.1, 0.15) is 5.82 Å². The zero-order valence-corrected chi connectivity index (χ0v) is 24.2. The van der Waals surface area contributed by atoms with Crippen LogP contribution in [-0.2, 0) is 21.0 Å². The molecule has 2 aromatic carbocycles. The van der Waals surface area contributed by atoms with Crippen molar-refractivity contribution < 1.29 is 27.4 Å². The first-order valence-corrected chi connectivity index (χ1v) is 14.7. The molecule has 2 aromatic heterocycles. The summed E-state index contributed by atoms with van der Waals surface area (Å²) < 4.78 is 48.3. The van der Waals surface area contributed by atoms with E-state index in [1.54, 1.807) is 25.1 Å². The van der Waals surface area contributed by atoms with Crippen LogP contribution in [0, 0.1) is 12.9 Å². The second-order valence-corrected chi connectivity index (χ2v) is 11.6. The number of hydrogen-bond acceptors (Lipinski definition) is 8. The second-order valence-electron chi connectivity index (χ2n) is 9.72. The number of aromatic hydroxyl groups is 1. The molecule has 0 aliphatic carbocycles. The highest BCUT2D eigenvalue weighted by molar-refractivity contribution is 7.91. The highest BCUT2D eigenvalue weighted by atomic mass is 32.2. The van der Waals surface area contributed by atoms with E-state index >= 15 is 0 Å². The molecule has 0 spiro atoms. The molecule has 2 heterocycles. The molecule has 0 unspecified atom stereocenters. The topological polar surface area (TPSA) is 154 Å². The van der Waals surface area contributed by atoms with Crippen molar-refractivity contribution in [3.8, 4) is 17.0 Å². The first-order valence-electron chi connectivity index (χ1n) is 13.2. The second kappa shape index (κ2) is 12.6. The van der Waals surface area contributed by atoms with Gasteiger partial charge in [0.2, 0.25) is 27.6 Å². The Morgan fingerprint density at radius 3 is 2.52 bits per heavy atom. The Hall–Kier alpha value is -4.42. The molecule has 0 radical (unpaired) electrons. The minimum absolute atomic E-state index is 0.0462. The molecule has 1 amide bonds. The molecule has 4 aromatic rings. The number of nitrogens with two attached hydrogens (primary N) is 1. The minimum atomic E-state index is -4.58. The van der Waals surface area contributed by atoms with E-state index in [1.807, 2.05) is 6.92 Å². The van der Waals surface area contributed by atoms with Crippen molar-refractivity contribution in [1.29, 1.82) is 0 Å². The van der Waals surface area contributed by atoms with Crippen LogP contribution in [0.25, 0.3) is 11.1 Å². The monoisotopic (exact) mass is 594 g/mol. The average Bonchev–Trinajstić information content (AvgIpc) is 2.96. The van der Waals surface area contributed by atoms with Gasteiger partial charge in [0.05, 0.1) is 17.5 Å². The van der Waals surface area contributed by atoms with Crippen molar-refractivity contribution in [3.63, 3.8) is 0 Å². The Labute approximate surface area is 242 Å². The van der Waals surface area contributed by atoms with Gasteiger partial charge in [-0.05, 0) is 60.4 Å². The molecule has 0 aliphatic rings. The third-order valence-electron chi connectivity index (χ3n) is 6.97. The first kappa shape index (κ1) is 30.5. The molecule has 42 heavy (non-hydrogen) atoms. The van der Waals surface area contributed by atoms with Gasteiger partial charge in [-0.3, -0.25) is 14.2 Å². The lowest BCUT2D eigenvalue weighted by atomic mass is 10.0. The van der Waals surface area contributed by atoms with E-state index in [0.29, 0.717) is 28.7 Å². The normalized spacial score (nSPS) is 12.3. The average molecular weight is 595 g/mol. The van der Waals surface area contributed by atoms with Crippen LogP contribution in [-0.4, -0.2) is 47.7 Å². The van der Waals surface area contributed by atoms with Gasteiger partial charge < -0.3 is 15.6 Å². The Bertz CT molecular complexity index is 1790. The molecule has 1 atom stereocenters. The number of unbranched alkanes of at least 4 members (excludes halogenated alkanes) is 1. The van der Waals surface area contributed by atoms with E-state index < -0.39 is 44.1 Å². The fourth-order valence-electron chi connectivity index (χ4n) is 4.75. The summed E-state index contributed by atoms with van der Waals surface area (Å²) in [7, 11) is -3.15. The zero-order chi connectivity index (χ0) is 30.6. The molecule has 12 heteroatoms. The molecule has 4 rings (SSSR count). The number of nitrogens with zero attached hydrogens (tertiary/aromatic N) is 3. The fourth-order valence-corrected chi connectivity index (χ4v) is 6.10. The van der Waals surface area contributed by atoms with Crippen LogP contribution in [0.1, 0.15) is 53.1 Å². The maximum Gasteiger partial charge on any atom is 0.296 e. The summed E-state index contributed by atoms with van der Waals surface area (Å²) >= 11 is 0. The lowest BCUT2D eigenvalue weighted by Crippen LogP contribution is -2.29. The van der Waals surface area contributed by atoms with E-state index in [0.717, 1.165) is 6.42 Å². The predicted octanol–water partition coefficient (Wildman–Crippen LogP) is 3.97. The molecule has 3 N–H and O–H groups in total. The summed E-state index contributed by atoms with van der Waals surface area (Å²) in [5.74, 6) is -1.95. The van der Waals surface area contributed by atoms with Crippen LogP contribution in [0.4, 0.5) is 4.39 Å². The molecule has 0 saturated carbocycles. The number of carbonyl (C=O) groups excluding carboxylic acids is 1. The highest BCUT2D eigenvalue weighted by Gasteiger charge is 2.32. The smallest absolute Gasteiger partial charge is 0.296 e. The van der Waals surface area contributed by atoms with Crippen LogP contribution in [0.5, 0.6) is 5.88 Å². The molecule has 0 bridgehead atoms. The highest BCUT2D eigenvalue weighted by Crippen LogP contribution is 2.33. The SMILES string of the molecule is CCCCc1nc(=O)c(S(=O)(=O)c2ccc(-c3ccnc(F)c3C)cc2)c(O)n1[C@@H](COC)c1cccc(C(N)=O)c1. The number of benzene rings is 2. The van der Waals surface area contributed by atoms with Crippen molar-refractivity contribution in [2.75, 3.05) is 13.7 Å². The van der Waals surface area contributed by atoms with Crippen molar-refractivity contribution in [2.45, 2.75) is 48.9 Å². The number of pyridine rings is 1. The minimum Gasteiger partial charge on any atom is -0.493 e. The number of hydrogen-bond donors (Lipinski definition) is 2. The van der Waals surface area contributed by atoms with E-state index in [-0.39, 0.29) is 29.3 Å². The first-order chi connectivity index (χ1) is 20.0. The molecule has 10 nitrogen and oxygen atoms in total. The molecular formula is C30H31FN4O6S. The summed E-state index contributed by atoms with van der Waals surface area (Å²) in [6, 6.07) is 12.6. The van der Waals surface area contributed by atoms with Gasteiger partial charge in [-0.1, -0.05) is 37.6 Å². The van der Waals surface area contributed by atoms with Gasteiger partial charge >= 0.3 is 0 Å². The van der Waals surface area contributed by atoms with E-state index in [2.05, 4.69) is 9.97 Å².